The van der Waals surface area contributed by atoms with Crippen LogP contribution in [0.1, 0.15) is 41.6 Å². The maximum atomic E-state index is 14.2. The molecule has 3 heterocycles. The number of methoxy groups -OCH3 is 3. The molecule has 0 aliphatic carbocycles. The van der Waals surface area contributed by atoms with Crippen LogP contribution in [-0.2, 0) is 19.7 Å². The number of likely N-dealkylation sites (tertiary alicyclic amines) is 2. The summed E-state index contributed by atoms with van der Waals surface area (Å²) in [4.78, 5) is 26.2. The number of fused-ring (bicyclic) bond motifs is 1. The van der Waals surface area contributed by atoms with E-state index in [0.717, 1.165) is 54.7 Å². The van der Waals surface area contributed by atoms with Crippen LogP contribution in [0.3, 0.4) is 0 Å². The fourth-order valence-corrected chi connectivity index (χ4v) is 7.69. The summed E-state index contributed by atoms with van der Waals surface area (Å²) < 4.78 is 47.9. The van der Waals surface area contributed by atoms with Crippen LogP contribution in [0.2, 0.25) is 0 Å². The van der Waals surface area contributed by atoms with Gasteiger partial charge in [0.25, 0.3) is 16.0 Å². The zero-order chi connectivity index (χ0) is 33.9. The summed E-state index contributed by atoms with van der Waals surface area (Å²) in [5, 5.41) is 3.56. The second-order valence-corrected chi connectivity index (χ2v) is 14.1. The third kappa shape index (κ3) is 6.94. The van der Waals surface area contributed by atoms with E-state index in [2.05, 4.69) is 20.2 Å². The maximum Gasteiger partial charge on any atom is 0.266 e. The first kappa shape index (κ1) is 33.6. The Labute approximate surface area is 281 Å². The number of para-hydroxylation sites is 2. The van der Waals surface area contributed by atoms with E-state index in [1.165, 1.54) is 26.2 Å². The summed E-state index contributed by atoms with van der Waals surface area (Å²) in [6, 6.07) is 21.2. The minimum atomic E-state index is -3.96. The highest BCUT2D eigenvalue weighted by Gasteiger charge is 2.53. The number of ether oxygens (including phenoxy) is 3. The number of amides is 1. The van der Waals surface area contributed by atoms with Gasteiger partial charge < -0.3 is 34.3 Å². The maximum absolute atomic E-state index is 14.2. The van der Waals surface area contributed by atoms with Gasteiger partial charge in [0.1, 0.15) is 0 Å². The molecule has 0 saturated carbocycles. The third-order valence-electron chi connectivity index (χ3n) is 9.53. The Morgan fingerprint density at radius 2 is 1.62 bits per heavy atom. The average molecular weight is 678 g/mol. The van der Waals surface area contributed by atoms with E-state index in [9.17, 15) is 13.2 Å². The molecule has 1 aromatic heterocycles. The molecule has 2 N–H and O–H groups in total. The minimum absolute atomic E-state index is 0.273. The van der Waals surface area contributed by atoms with Crippen LogP contribution in [0.25, 0.3) is 11.0 Å². The zero-order valence-corrected chi connectivity index (χ0v) is 28.6. The van der Waals surface area contributed by atoms with Gasteiger partial charge in [-0.05, 0) is 62.1 Å². The van der Waals surface area contributed by atoms with Crippen LogP contribution in [0, 0.1) is 0 Å². The first-order chi connectivity index (χ1) is 23.1. The average Bonchev–Trinajstić information content (AvgIpc) is 3.67. The van der Waals surface area contributed by atoms with E-state index in [-0.39, 0.29) is 11.6 Å². The van der Waals surface area contributed by atoms with E-state index in [4.69, 9.17) is 18.4 Å². The monoisotopic (exact) mass is 677 g/mol. The summed E-state index contributed by atoms with van der Waals surface area (Å²) in [6.45, 7) is 2.75. The molecule has 12 nitrogen and oxygen atoms in total. The summed E-state index contributed by atoms with van der Waals surface area (Å²) in [7, 11) is 0.499. The molecular weight excluding hydrogens is 634 g/mol. The van der Waals surface area contributed by atoms with Crippen molar-refractivity contribution < 1.29 is 31.6 Å². The molecule has 1 amide bonds. The number of aromatic amines is 1. The predicted molar refractivity (Wildman–Crippen MR) is 183 cm³/mol. The van der Waals surface area contributed by atoms with Crippen LogP contribution in [-0.4, -0.2) is 100 Å². The van der Waals surface area contributed by atoms with Crippen LogP contribution < -0.4 is 19.5 Å². The van der Waals surface area contributed by atoms with Crippen molar-refractivity contribution in [1.82, 2.24) is 19.8 Å². The molecule has 3 aromatic carbocycles. The van der Waals surface area contributed by atoms with Crippen molar-refractivity contribution in [1.29, 1.82) is 0 Å². The molecule has 0 radical (unpaired) electrons. The molecule has 2 saturated heterocycles. The number of imidazole rings is 1. The number of carbonyl (C=O) groups is 1. The predicted octanol–water partition coefficient (Wildman–Crippen LogP) is 4.64. The van der Waals surface area contributed by atoms with Crippen LogP contribution in [0.15, 0.2) is 66.7 Å². The van der Waals surface area contributed by atoms with Crippen molar-refractivity contribution in [2.24, 2.45) is 0 Å². The van der Waals surface area contributed by atoms with Gasteiger partial charge in [0, 0.05) is 36.7 Å². The number of rotatable bonds is 12. The van der Waals surface area contributed by atoms with E-state index in [0.29, 0.717) is 43.2 Å². The van der Waals surface area contributed by atoms with Gasteiger partial charge in [-0.3, -0.25) is 4.79 Å². The van der Waals surface area contributed by atoms with Gasteiger partial charge >= 0.3 is 0 Å². The fraction of sp³-hybridized carbons (Fsp3) is 0.429. The highest BCUT2D eigenvalue weighted by Crippen LogP contribution is 2.46. The Morgan fingerprint density at radius 3 is 2.25 bits per heavy atom. The summed E-state index contributed by atoms with van der Waals surface area (Å²) in [6.07, 6.45) is 2.96. The van der Waals surface area contributed by atoms with Crippen molar-refractivity contribution in [3.05, 3.63) is 77.9 Å². The smallest absolute Gasteiger partial charge is 0.266 e. The second kappa shape index (κ2) is 14.0. The van der Waals surface area contributed by atoms with Crippen LogP contribution in [0.4, 0.5) is 5.95 Å². The minimum Gasteiger partial charge on any atom is -0.493 e. The lowest BCUT2D eigenvalue weighted by molar-refractivity contribution is 0.0138. The van der Waals surface area contributed by atoms with E-state index < -0.39 is 27.7 Å². The lowest BCUT2D eigenvalue weighted by Gasteiger charge is -2.40. The van der Waals surface area contributed by atoms with Gasteiger partial charge in [-0.25, -0.2) is 9.17 Å². The molecule has 48 heavy (non-hydrogen) atoms. The Balaban J connectivity index is 1.23. The molecule has 13 heteroatoms. The first-order valence-corrected chi connectivity index (χ1v) is 17.9. The lowest BCUT2D eigenvalue weighted by atomic mass is 9.75. The molecular formula is C35H43N5O7S. The lowest BCUT2D eigenvalue weighted by Crippen LogP contribution is -2.49. The number of piperidine rings is 1. The van der Waals surface area contributed by atoms with Gasteiger partial charge in [0.05, 0.1) is 38.6 Å². The highest BCUT2D eigenvalue weighted by atomic mass is 32.2. The Kier molecular flexibility index (Phi) is 9.81. The molecule has 2 aliphatic heterocycles. The number of hydrogen-bond donors (Lipinski definition) is 2. The van der Waals surface area contributed by atoms with E-state index >= 15 is 0 Å². The van der Waals surface area contributed by atoms with Gasteiger partial charge in [-0.15, -0.1) is 0 Å². The number of nitrogens with zero attached hydrogens (tertiary/aromatic N) is 3. The largest absolute Gasteiger partial charge is 0.493 e. The van der Waals surface area contributed by atoms with Crippen molar-refractivity contribution in [3.63, 3.8) is 0 Å². The molecule has 2 aliphatic rings. The van der Waals surface area contributed by atoms with E-state index in [1.807, 2.05) is 54.6 Å². The first-order valence-electron chi connectivity index (χ1n) is 16.1. The van der Waals surface area contributed by atoms with E-state index in [1.54, 1.807) is 12.1 Å². The van der Waals surface area contributed by atoms with Crippen molar-refractivity contribution in [2.75, 3.05) is 59.1 Å². The van der Waals surface area contributed by atoms with Gasteiger partial charge in [0.15, 0.2) is 17.7 Å². The normalized spacial score (nSPS) is 20.6. The van der Waals surface area contributed by atoms with Crippen molar-refractivity contribution >= 4 is 33.0 Å². The molecule has 0 bridgehead atoms. The Bertz CT molecular complexity index is 1780. The topological polar surface area (TPSA) is 135 Å². The zero-order valence-electron chi connectivity index (χ0n) is 27.8. The number of nitrogens with one attached hydrogen (secondary N) is 2. The number of aromatic nitrogens is 2. The van der Waals surface area contributed by atoms with Crippen LogP contribution in [0.5, 0.6) is 17.2 Å². The number of benzene rings is 3. The molecule has 4 aromatic rings. The third-order valence-corrected chi connectivity index (χ3v) is 10.1. The van der Waals surface area contributed by atoms with Gasteiger partial charge in [-0.2, -0.15) is 8.42 Å². The Morgan fingerprint density at radius 1 is 0.958 bits per heavy atom. The number of carbonyl (C=O) groups excluding carboxylic acids is 1. The standard InChI is InChI=1S/C35H43N5O7S/c1-44-29-22-24(23-30(45-2)31(29)46-3)32(41)40-21-17-35(25-10-6-5-7-11-25,33(40)47-48(4,42)43)16-20-39-18-14-26(15-19-39)36-34-37-27-12-8-9-13-28(27)38-34/h5-13,22-23,26,33H,14-21H2,1-4H3,(H2,36,37,38). The quantitative estimate of drug-likeness (QED) is 0.204. The number of anilines is 1. The molecule has 0 spiro atoms. The van der Waals surface area contributed by atoms with Gasteiger partial charge in [-0.1, -0.05) is 42.5 Å². The van der Waals surface area contributed by atoms with Gasteiger partial charge in [0.2, 0.25) is 11.7 Å². The van der Waals surface area contributed by atoms with Crippen molar-refractivity contribution in [2.45, 2.75) is 43.4 Å². The fourth-order valence-electron chi connectivity index (χ4n) is 7.07. The SMILES string of the molecule is COc1cc(C(=O)N2CCC(CCN3CCC(Nc4nc5ccccc5[nH]4)CC3)(c3ccccc3)C2OS(C)(=O)=O)cc(OC)c1OC. The number of H-pyrrole nitrogens is 1. The summed E-state index contributed by atoms with van der Waals surface area (Å²) in [5.41, 5.74) is 2.37. The molecule has 6 rings (SSSR count). The highest BCUT2D eigenvalue weighted by molar-refractivity contribution is 7.86. The molecule has 2 atom stereocenters. The molecule has 256 valence electrons. The Hall–Kier alpha value is -4.33. The summed E-state index contributed by atoms with van der Waals surface area (Å²) >= 11 is 0. The number of hydrogen-bond acceptors (Lipinski definition) is 10. The molecule has 2 fully saturated rings. The van der Waals surface area contributed by atoms with Crippen molar-refractivity contribution in [3.8, 4) is 17.2 Å². The summed E-state index contributed by atoms with van der Waals surface area (Å²) in [5.74, 6) is 1.40. The molecule has 2 unspecified atom stereocenters. The van der Waals surface area contributed by atoms with Crippen LogP contribution >= 0.6 is 0 Å². The second-order valence-electron chi connectivity index (χ2n) is 12.5.